The summed E-state index contributed by atoms with van der Waals surface area (Å²) in [5.74, 6) is 0.271. The van der Waals surface area contributed by atoms with Gasteiger partial charge >= 0.3 is 0 Å². The lowest BCUT2D eigenvalue weighted by Gasteiger charge is -2.12. The molecule has 1 aliphatic rings. The van der Waals surface area contributed by atoms with Gasteiger partial charge < -0.3 is 4.90 Å². The molecule has 0 spiro atoms. The van der Waals surface area contributed by atoms with Gasteiger partial charge in [0.25, 0.3) is 0 Å². The van der Waals surface area contributed by atoms with Crippen LogP contribution in [0.15, 0.2) is 30.3 Å². The van der Waals surface area contributed by atoms with Crippen LogP contribution in [-0.2, 0) is 4.79 Å². The molecule has 0 N–H and O–H groups in total. The zero-order valence-electron chi connectivity index (χ0n) is 9.16. The molecule has 0 heterocycles. The van der Waals surface area contributed by atoms with Crippen molar-refractivity contribution in [3.63, 3.8) is 0 Å². The first-order valence-corrected chi connectivity index (χ1v) is 5.19. The molecular formula is C13H15NO. The zero-order valence-corrected chi connectivity index (χ0v) is 9.16. The highest BCUT2D eigenvalue weighted by molar-refractivity contribution is 6.22. The fourth-order valence-electron chi connectivity index (χ4n) is 1.81. The van der Waals surface area contributed by atoms with E-state index in [2.05, 4.69) is 4.90 Å². The normalized spacial score (nSPS) is 15.3. The highest BCUT2D eigenvalue weighted by atomic mass is 16.1. The molecule has 0 saturated heterocycles. The van der Waals surface area contributed by atoms with E-state index in [-0.39, 0.29) is 5.78 Å². The standard InChI is InChI=1S/C13H15NO/c1-14(2)11-8-6-10(7-9-11)12-4-3-5-13(12)15/h4,6-9H,3,5H2,1-2H3. The number of hydrogen-bond acceptors (Lipinski definition) is 2. The van der Waals surface area contributed by atoms with Crippen molar-refractivity contribution in [3.8, 4) is 0 Å². The van der Waals surface area contributed by atoms with Crippen LogP contribution in [0.3, 0.4) is 0 Å². The molecule has 0 aliphatic heterocycles. The number of carbonyl (C=O) groups is 1. The first kappa shape index (κ1) is 9.97. The highest BCUT2D eigenvalue weighted by Crippen LogP contribution is 2.25. The van der Waals surface area contributed by atoms with Crippen LogP contribution >= 0.6 is 0 Å². The average molecular weight is 201 g/mol. The molecule has 0 atom stereocenters. The second-order valence-electron chi connectivity index (χ2n) is 4.02. The zero-order chi connectivity index (χ0) is 10.8. The number of hydrogen-bond donors (Lipinski definition) is 0. The SMILES string of the molecule is CN(C)c1ccc(C2=CCCC2=O)cc1. The molecule has 0 saturated carbocycles. The van der Waals surface area contributed by atoms with E-state index >= 15 is 0 Å². The van der Waals surface area contributed by atoms with Crippen LogP contribution in [-0.4, -0.2) is 19.9 Å². The smallest absolute Gasteiger partial charge is 0.163 e. The van der Waals surface area contributed by atoms with Crippen LogP contribution in [0.2, 0.25) is 0 Å². The van der Waals surface area contributed by atoms with E-state index < -0.39 is 0 Å². The third-order valence-electron chi connectivity index (χ3n) is 2.71. The molecule has 0 radical (unpaired) electrons. The molecule has 2 rings (SSSR count). The second-order valence-corrected chi connectivity index (χ2v) is 4.02. The van der Waals surface area contributed by atoms with Gasteiger partial charge in [0.15, 0.2) is 5.78 Å². The Kier molecular flexibility index (Phi) is 2.58. The number of ketones is 1. The molecule has 0 unspecified atom stereocenters. The largest absolute Gasteiger partial charge is 0.378 e. The summed E-state index contributed by atoms with van der Waals surface area (Å²) in [7, 11) is 4.02. The van der Waals surface area contributed by atoms with Crippen LogP contribution in [0.4, 0.5) is 5.69 Å². The number of anilines is 1. The lowest BCUT2D eigenvalue weighted by Crippen LogP contribution is -2.08. The maximum atomic E-state index is 11.5. The van der Waals surface area contributed by atoms with Gasteiger partial charge in [-0.2, -0.15) is 0 Å². The number of carbonyl (C=O) groups excluding carboxylic acids is 1. The van der Waals surface area contributed by atoms with Gasteiger partial charge in [-0.1, -0.05) is 18.2 Å². The Bertz CT molecular complexity index is 401. The lowest BCUT2D eigenvalue weighted by atomic mass is 10.0. The minimum Gasteiger partial charge on any atom is -0.378 e. The van der Waals surface area contributed by atoms with Crippen LogP contribution in [0.1, 0.15) is 18.4 Å². The number of allylic oxidation sites excluding steroid dienone is 2. The Morgan fingerprint density at radius 1 is 1.13 bits per heavy atom. The number of benzene rings is 1. The summed E-state index contributed by atoms with van der Waals surface area (Å²) in [6, 6.07) is 8.12. The third-order valence-corrected chi connectivity index (χ3v) is 2.71. The molecule has 0 amide bonds. The van der Waals surface area contributed by atoms with Crippen molar-refractivity contribution in [2.24, 2.45) is 0 Å². The summed E-state index contributed by atoms with van der Waals surface area (Å²) < 4.78 is 0. The molecule has 0 fully saturated rings. The van der Waals surface area contributed by atoms with Crippen LogP contribution in [0.5, 0.6) is 0 Å². The predicted octanol–water partition coefficient (Wildman–Crippen LogP) is 2.50. The van der Waals surface area contributed by atoms with Crippen molar-refractivity contribution >= 4 is 17.0 Å². The van der Waals surface area contributed by atoms with E-state index in [1.165, 1.54) is 0 Å². The fraction of sp³-hybridized carbons (Fsp3) is 0.308. The van der Waals surface area contributed by atoms with Gasteiger partial charge in [0.05, 0.1) is 0 Å². The van der Waals surface area contributed by atoms with Crippen LogP contribution in [0.25, 0.3) is 5.57 Å². The maximum Gasteiger partial charge on any atom is 0.163 e. The van der Waals surface area contributed by atoms with Crippen LogP contribution in [0, 0.1) is 0 Å². The summed E-state index contributed by atoms with van der Waals surface area (Å²) in [6.07, 6.45) is 3.60. The van der Waals surface area contributed by atoms with Gasteiger partial charge in [-0.05, 0) is 24.1 Å². The van der Waals surface area contributed by atoms with Crippen molar-refractivity contribution in [2.45, 2.75) is 12.8 Å². The van der Waals surface area contributed by atoms with E-state index in [1.807, 2.05) is 44.4 Å². The summed E-state index contributed by atoms with van der Waals surface area (Å²) in [4.78, 5) is 13.6. The van der Waals surface area contributed by atoms with Crippen molar-refractivity contribution in [1.29, 1.82) is 0 Å². The number of rotatable bonds is 2. The summed E-state index contributed by atoms with van der Waals surface area (Å²) in [5.41, 5.74) is 3.09. The third kappa shape index (κ3) is 1.94. The van der Waals surface area contributed by atoms with Crippen molar-refractivity contribution in [2.75, 3.05) is 19.0 Å². The minimum absolute atomic E-state index is 0.271. The highest BCUT2D eigenvalue weighted by Gasteiger charge is 2.16. The molecule has 0 bridgehead atoms. The molecule has 1 aromatic rings. The molecular weight excluding hydrogens is 186 g/mol. The molecule has 0 aromatic heterocycles. The number of nitrogens with zero attached hydrogens (tertiary/aromatic N) is 1. The predicted molar refractivity (Wildman–Crippen MR) is 63.0 cm³/mol. The van der Waals surface area contributed by atoms with Gasteiger partial charge in [-0.3, -0.25) is 4.79 Å². The Balaban J connectivity index is 2.27. The van der Waals surface area contributed by atoms with Gasteiger partial charge in [-0.25, -0.2) is 0 Å². The Morgan fingerprint density at radius 3 is 2.27 bits per heavy atom. The minimum atomic E-state index is 0.271. The topological polar surface area (TPSA) is 20.3 Å². The molecule has 78 valence electrons. The van der Waals surface area contributed by atoms with Crippen molar-refractivity contribution in [3.05, 3.63) is 35.9 Å². The fourth-order valence-corrected chi connectivity index (χ4v) is 1.81. The summed E-state index contributed by atoms with van der Waals surface area (Å²) >= 11 is 0. The van der Waals surface area contributed by atoms with Crippen LogP contribution < -0.4 is 4.90 Å². The van der Waals surface area contributed by atoms with Crippen molar-refractivity contribution < 1.29 is 4.79 Å². The molecule has 2 nitrogen and oxygen atoms in total. The quantitative estimate of drug-likeness (QED) is 0.732. The summed E-state index contributed by atoms with van der Waals surface area (Å²) in [6.45, 7) is 0. The summed E-state index contributed by atoms with van der Waals surface area (Å²) in [5, 5.41) is 0. The lowest BCUT2D eigenvalue weighted by molar-refractivity contribution is -0.113. The first-order chi connectivity index (χ1) is 7.18. The van der Waals surface area contributed by atoms with E-state index in [9.17, 15) is 4.79 Å². The second kappa shape index (κ2) is 3.89. The maximum absolute atomic E-state index is 11.5. The Morgan fingerprint density at radius 2 is 1.80 bits per heavy atom. The molecule has 1 aromatic carbocycles. The van der Waals surface area contributed by atoms with Gasteiger partial charge in [0.1, 0.15) is 0 Å². The van der Waals surface area contributed by atoms with Gasteiger partial charge in [-0.15, -0.1) is 0 Å². The van der Waals surface area contributed by atoms with E-state index in [0.717, 1.165) is 23.2 Å². The monoisotopic (exact) mass is 201 g/mol. The van der Waals surface area contributed by atoms with Gasteiger partial charge in [0, 0.05) is 31.8 Å². The van der Waals surface area contributed by atoms with E-state index in [1.54, 1.807) is 0 Å². The molecule has 15 heavy (non-hydrogen) atoms. The van der Waals surface area contributed by atoms with Crippen molar-refractivity contribution in [1.82, 2.24) is 0 Å². The first-order valence-electron chi connectivity index (χ1n) is 5.19. The Labute approximate surface area is 90.2 Å². The van der Waals surface area contributed by atoms with E-state index in [4.69, 9.17) is 0 Å². The van der Waals surface area contributed by atoms with Gasteiger partial charge in [0.2, 0.25) is 0 Å². The molecule has 2 heteroatoms. The molecule has 1 aliphatic carbocycles. The van der Waals surface area contributed by atoms with E-state index in [0.29, 0.717) is 6.42 Å². The average Bonchev–Trinajstić information content (AvgIpc) is 2.65. The Hall–Kier alpha value is -1.57. The number of Topliss-reactive ketones (excluding diaryl/α,β-unsaturated/α-hetero) is 1.